The fraction of sp³-hybridized carbons (Fsp3) is 0.278. The number of alkyl halides is 3. The third-order valence-electron chi connectivity index (χ3n) is 4.89. The van der Waals surface area contributed by atoms with Crippen LogP contribution in [0.25, 0.3) is 0 Å². The number of carbonyl (C=O) groups excluding carboxylic acids is 2. The summed E-state index contributed by atoms with van der Waals surface area (Å²) in [5.74, 6) is -0.394. The van der Waals surface area contributed by atoms with Crippen LogP contribution in [-0.4, -0.2) is 21.8 Å². The Labute approximate surface area is 146 Å². The fourth-order valence-electron chi connectivity index (χ4n) is 3.58. The van der Waals surface area contributed by atoms with Crippen LogP contribution in [0.2, 0.25) is 0 Å². The number of imide groups is 1. The Morgan fingerprint density at radius 1 is 1.15 bits per heavy atom. The molecule has 1 aromatic carbocycles. The normalized spacial score (nSPS) is 22.0. The van der Waals surface area contributed by atoms with Crippen molar-refractivity contribution in [3.63, 3.8) is 0 Å². The van der Waals surface area contributed by atoms with Gasteiger partial charge in [-0.25, -0.2) is 4.79 Å². The van der Waals surface area contributed by atoms with Crippen molar-refractivity contribution in [3.8, 4) is 0 Å². The minimum atomic E-state index is -4.48. The second kappa shape index (κ2) is 5.55. The lowest BCUT2D eigenvalue weighted by Crippen LogP contribution is -2.41. The van der Waals surface area contributed by atoms with Gasteiger partial charge < -0.3 is 5.32 Å². The molecule has 8 heteroatoms. The van der Waals surface area contributed by atoms with E-state index < -0.39 is 29.2 Å². The first kappa shape index (κ1) is 16.6. The number of amides is 3. The number of aryl methyl sites for hydroxylation is 1. The lowest BCUT2D eigenvalue weighted by atomic mass is 9.92. The summed E-state index contributed by atoms with van der Waals surface area (Å²) >= 11 is 0. The Hall–Kier alpha value is -2.90. The third kappa shape index (κ3) is 2.44. The lowest BCUT2D eigenvalue weighted by molar-refractivity contribution is -0.138. The van der Waals surface area contributed by atoms with Crippen molar-refractivity contribution in [1.82, 2.24) is 15.2 Å². The molecule has 1 aliphatic heterocycles. The molecule has 1 unspecified atom stereocenters. The number of hydrogen-bond donors (Lipinski definition) is 1. The summed E-state index contributed by atoms with van der Waals surface area (Å²) in [4.78, 5) is 30.1. The number of benzene rings is 1. The number of nitrogens with one attached hydrogen (secondary N) is 1. The maximum absolute atomic E-state index is 13.0. The van der Waals surface area contributed by atoms with Gasteiger partial charge in [0.05, 0.1) is 17.8 Å². The van der Waals surface area contributed by atoms with E-state index in [2.05, 4.69) is 10.3 Å². The smallest absolute Gasteiger partial charge is 0.319 e. The van der Waals surface area contributed by atoms with Gasteiger partial charge in [0, 0.05) is 6.20 Å². The van der Waals surface area contributed by atoms with Gasteiger partial charge >= 0.3 is 12.2 Å². The molecule has 5 nitrogen and oxygen atoms in total. The van der Waals surface area contributed by atoms with Crippen LogP contribution in [0.15, 0.2) is 42.6 Å². The molecular weight excluding hydrogens is 347 g/mol. The zero-order valence-electron chi connectivity index (χ0n) is 13.5. The van der Waals surface area contributed by atoms with E-state index in [1.165, 1.54) is 6.07 Å². The molecule has 0 radical (unpaired) electrons. The Bertz CT molecular complexity index is 895. The summed E-state index contributed by atoms with van der Waals surface area (Å²) in [5, 5.41) is 2.77. The average Bonchev–Trinajstić information content (AvgIpc) is 3.09. The molecule has 1 aliphatic carbocycles. The molecular formula is C18H14F3N3O2. The predicted octanol–water partition coefficient (Wildman–Crippen LogP) is 2.99. The van der Waals surface area contributed by atoms with Crippen molar-refractivity contribution < 1.29 is 22.8 Å². The number of aromatic nitrogens is 1. The van der Waals surface area contributed by atoms with E-state index in [4.69, 9.17) is 0 Å². The van der Waals surface area contributed by atoms with Gasteiger partial charge in [0.2, 0.25) is 0 Å². The summed E-state index contributed by atoms with van der Waals surface area (Å²) < 4.78 is 37.9. The highest BCUT2D eigenvalue weighted by atomic mass is 19.4. The third-order valence-corrected chi connectivity index (χ3v) is 4.89. The van der Waals surface area contributed by atoms with Gasteiger partial charge in [0.25, 0.3) is 5.91 Å². The molecule has 134 valence electrons. The van der Waals surface area contributed by atoms with Crippen molar-refractivity contribution in [2.24, 2.45) is 0 Å². The first-order valence-electron chi connectivity index (χ1n) is 8.06. The van der Waals surface area contributed by atoms with E-state index >= 15 is 0 Å². The Morgan fingerprint density at radius 2 is 1.92 bits per heavy atom. The van der Waals surface area contributed by atoms with Crippen LogP contribution < -0.4 is 5.32 Å². The molecule has 1 atom stereocenters. The van der Waals surface area contributed by atoms with Crippen LogP contribution >= 0.6 is 0 Å². The van der Waals surface area contributed by atoms with Crippen LogP contribution in [0, 0.1) is 0 Å². The lowest BCUT2D eigenvalue weighted by Gasteiger charge is -2.22. The van der Waals surface area contributed by atoms with E-state index in [1.807, 2.05) is 24.3 Å². The van der Waals surface area contributed by atoms with Gasteiger partial charge in [-0.2, -0.15) is 13.2 Å². The van der Waals surface area contributed by atoms with Crippen molar-refractivity contribution >= 4 is 11.9 Å². The molecule has 0 bridgehead atoms. The molecule has 2 aliphatic rings. The summed E-state index contributed by atoms with van der Waals surface area (Å²) in [6.45, 7) is -0.174. The van der Waals surface area contributed by atoms with E-state index in [1.54, 1.807) is 0 Å². The summed E-state index contributed by atoms with van der Waals surface area (Å²) in [5.41, 5.74) is 0.0425. The maximum Gasteiger partial charge on any atom is 0.417 e. The minimum absolute atomic E-state index is 0.174. The topological polar surface area (TPSA) is 62.3 Å². The highest BCUT2D eigenvalue weighted by Gasteiger charge is 2.55. The number of pyridine rings is 1. The SMILES string of the molecule is O=C1NC2(CCc3ccccc32)C(=O)N1Cc1ccc(C(F)(F)F)cn1. The summed E-state index contributed by atoms with van der Waals surface area (Å²) in [6.07, 6.45) is -2.64. The summed E-state index contributed by atoms with van der Waals surface area (Å²) in [7, 11) is 0. The van der Waals surface area contributed by atoms with Gasteiger partial charge in [-0.15, -0.1) is 0 Å². The Balaban J connectivity index is 1.60. The number of hydrogen-bond acceptors (Lipinski definition) is 3. The summed E-state index contributed by atoms with van der Waals surface area (Å²) in [6, 6.07) is 8.94. The number of fused-ring (bicyclic) bond motifs is 2. The average molecular weight is 361 g/mol. The van der Waals surface area contributed by atoms with Gasteiger partial charge in [-0.3, -0.25) is 14.7 Å². The number of halogens is 3. The maximum atomic E-state index is 13.0. The number of carbonyl (C=O) groups is 2. The Kier molecular flexibility index (Phi) is 3.54. The highest BCUT2D eigenvalue weighted by Crippen LogP contribution is 2.41. The van der Waals surface area contributed by atoms with Gasteiger partial charge in [-0.05, 0) is 36.1 Å². The van der Waals surface area contributed by atoms with Crippen LogP contribution in [-0.2, 0) is 29.5 Å². The second-order valence-electron chi connectivity index (χ2n) is 6.42. The molecule has 0 saturated carbocycles. The van der Waals surface area contributed by atoms with Crippen molar-refractivity contribution in [3.05, 3.63) is 65.0 Å². The van der Waals surface area contributed by atoms with Crippen LogP contribution in [0.3, 0.4) is 0 Å². The zero-order valence-corrected chi connectivity index (χ0v) is 13.5. The van der Waals surface area contributed by atoms with Gasteiger partial charge in [-0.1, -0.05) is 24.3 Å². The monoisotopic (exact) mass is 361 g/mol. The van der Waals surface area contributed by atoms with Crippen molar-refractivity contribution in [2.75, 3.05) is 0 Å². The van der Waals surface area contributed by atoms with E-state index in [0.29, 0.717) is 19.0 Å². The van der Waals surface area contributed by atoms with E-state index in [0.717, 1.165) is 22.1 Å². The van der Waals surface area contributed by atoms with Gasteiger partial charge in [0.15, 0.2) is 0 Å². The zero-order chi connectivity index (χ0) is 18.5. The minimum Gasteiger partial charge on any atom is -0.319 e. The molecule has 2 heterocycles. The number of rotatable bonds is 2. The molecule has 1 fully saturated rings. The standard InChI is InChI=1S/C18H14F3N3O2/c19-18(20,21)12-5-6-13(22-9-12)10-24-15(25)17(23-16(24)26)8-7-11-3-1-2-4-14(11)17/h1-6,9H,7-8,10H2,(H,23,26). The van der Waals surface area contributed by atoms with E-state index in [9.17, 15) is 22.8 Å². The van der Waals surface area contributed by atoms with Crippen LogP contribution in [0.1, 0.15) is 28.8 Å². The second-order valence-corrected chi connectivity index (χ2v) is 6.42. The number of urea groups is 1. The molecule has 1 saturated heterocycles. The van der Waals surface area contributed by atoms with Crippen LogP contribution in [0.5, 0.6) is 0 Å². The quantitative estimate of drug-likeness (QED) is 0.837. The van der Waals surface area contributed by atoms with Crippen LogP contribution in [0.4, 0.5) is 18.0 Å². The molecule has 1 aromatic heterocycles. The first-order valence-corrected chi connectivity index (χ1v) is 8.06. The van der Waals surface area contributed by atoms with Gasteiger partial charge in [0.1, 0.15) is 5.54 Å². The molecule has 1 N–H and O–H groups in total. The molecule has 4 rings (SSSR count). The molecule has 2 aromatic rings. The fourth-order valence-corrected chi connectivity index (χ4v) is 3.58. The Morgan fingerprint density at radius 3 is 2.62 bits per heavy atom. The number of nitrogens with zero attached hydrogens (tertiary/aromatic N) is 2. The molecule has 1 spiro atoms. The highest BCUT2D eigenvalue weighted by molar-refractivity contribution is 6.08. The van der Waals surface area contributed by atoms with E-state index in [-0.39, 0.29) is 12.2 Å². The van der Waals surface area contributed by atoms with Crippen molar-refractivity contribution in [2.45, 2.75) is 31.1 Å². The van der Waals surface area contributed by atoms with Crippen molar-refractivity contribution in [1.29, 1.82) is 0 Å². The molecule has 26 heavy (non-hydrogen) atoms. The largest absolute Gasteiger partial charge is 0.417 e. The first-order chi connectivity index (χ1) is 12.3. The molecule has 3 amide bonds. The predicted molar refractivity (Wildman–Crippen MR) is 84.8 cm³/mol.